The van der Waals surface area contributed by atoms with Gasteiger partial charge < -0.3 is 25.0 Å². The van der Waals surface area contributed by atoms with Gasteiger partial charge in [-0.15, -0.1) is 23.4 Å². The Balaban J connectivity index is 1.43. The first-order valence-electron chi connectivity index (χ1n) is 12.6. The van der Waals surface area contributed by atoms with Crippen LogP contribution in [0.5, 0.6) is 0 Å². The number of nitrogens with zero attached hydrogens (tertiary/aromatic N) is 1. The lowest BCUT2D eigenvalue weighted by Crippen LogP contribution is -2.59. The lowest BCUT2D eigenvalue weighted by molar-refractivity contribution is -0.149. The van der Waals surface area contributed by atoms with Crippen molar-refractivity contribution in [2.45, 2.75) is 99.2 Å². The van der Waals surface area contributed by atoms with Gasteiger partial charge in [0, 0.05) is 25.5 Å². The molecule has 4 fully saturated rings. The maximum absolute atomic E-state index is 13.6. The highest BCUT2D eigenvalue weighted by molar-refractivity contribution is 7.99. The van der Waals surface area contributed by atoms with Gasteiger partial charge in [-0.2, -0.15) is 0 Å². The zero-order valence-electron chi connectivity index (χ0n) is 20.1. The van der Waals surface area contributed by atoms with Crippen LogP contribution in [0.25, 0.3) is 0 Å². The molecule has 3 aliphatic heterocycles. The molecular weight excluding hydrogens is 464 g/mol. The number of carbonyl (C=O) groups is 1. The molecule has 10 atom stereocenters. The Morgan fingerprint density at radius 2 is 1.88 bits per heavy atom. The molecule has 9 heteroatoms. The summed E-state index contributed by atoms with van der Waals surface area (Å²) in [4.78, 5) is 15.7. The molecule has 0 aromatic carbocycles. The van der Waals surface area contributed by atoms with Crippen LogP contribution in [0.1, 0.15) is 51.9 Å². The molecule has 1 amide bonds. The van der Waals surface area contributed by atoms with E-state index in [1.807, 2.05) is 20.2 Å². The van der Waals surface area contributed by atoms with E-state index in [0.29, 0.717) is 11.8 Å². The van der Waals surface area contributed by atoms with Crippen LogP contribution in [0.2, 0.25) is 0 Å². The molecule has 4 aliphatic rings. The number of hydrogen-bond donors (Lipinski definition) is 3. The van der Waals surface area contributed by atoms with E-state index in [-0.39, 0.29) is 24.5 Å². The molecule has 1 aliphatic carbocycles. The number of carbonyl (C=O) groups excluding carboxylic acids is 1. The lowest BCUT2D eigenvalue weighted by Gasteiger charge is -2.41. The van der Waals surface area contributed by atoms with E-state index in [9.17, 15) is 15.0 Å². The molecule has 0 radical (unpaired) electrons. The molecule has 3 unspecified atom stereocenters. The average molecular weight is 505 g/mol. The predicted octanol–water partition coefficient (Wildman–Crippen LogP) is 2.21. The lowest BCUT2D eigenvalue weighted by atomic mass is 9.81. The number of likely N-dealkylation sites (N-methyl/N-ethyl adjacent to an activating group) is 1. The minimum atomic E-state index is -0.952. The summed E-state index contributed by atoms with van der Waals surface area (Å²) in [5.74, 6) is 1.81. The van der Waals surface area contributed by atoms with Crippen LogP contribution < -0.4 is 5.32 Å². The number of rotatable bonds is 6. The van der Waals surface area contributed by atoms with E-state index in [2.05, 4.69) is 10.2 Å². The molecule has 1 saturated carbocycles. The average Bonchev–Trinajstić information content (AvgIpc) is 3.36. The SMILES string of the molecule is CSC1O[C@H]([C@H](NC(=O)[C@@H]2[C@@H]3OCCC(C4CCCC4)C[C@H]3CN2C)[C@H](C)Cl)C[C@@H](O)C1O. The number of hydrogen-bond acceptors (Lipinski definition) is 7. The van der Waals surface area contributed by atoms with E-state index in [1.54, 1.807) is 0 Å². The summed E-state index contributed by atoms with van der Waals surface area (Å²) in [6.45, 7) is 3.42. The van der Waals surface area contributed by atoms with Crippen molar-refractivity contribution >= 4 is 29.3 Å². The van der Waals surface area contributed by atoms with E-state index in [1.165, 1.54) is 37.4 Å². The van der Waals surface area contributed by atoms with Crippen molar-refractivity contribution in [1.29, 1.82) is 0 Å². The smallest absolute Gasteiger partial charge is 0.240 e. The van der Waals surface area contributed by atoms with Crippen molar-refractivity contribution in [3.8, 4) is 0 Å². The van der Waals surface area contributed by atoms with Gasteiger partial charge in [-0.25, -0.2) is 0 Å². The van der Waals surface area contributed by atoms with E-state index in [4.69, 9.17) is 21.1 Å². The second kappa shape index (κ2) is 11.3. The third-order valence-electron chi connectivity index (χ3n) is 8.41. The van der Waals surface area contributed by atoms with Gasteiger partial charge in [0.05, 0.1) is 29.7 Å². The van der Waals surface area contributed by atoms with Gasteiger partial charge >= 0.3 is 0 Å². The molecule has 0 bridgehead atoms. The molecule has 0 aromatic heterocycles. The van der Waals surface area contributed by atoms with Gasteiger partial charge in [0.1, 0.15) is 17.6 Å². The molecule has 0 aromatic rings. The summed E-state index contributed by atoms with van der Waals surface area (Å²) in [5, 5.41) is 23.3. The first-order valence-corrected chi connectivity index (χ1v) is 14.3. The van der Waals surface area contributed by atoms with Crippen LogP contribution in [0, 0.1) is 17.8 Å². The molecule has 190 valence electrons. The van der Waals surface area contributed by atoms with Gasteiger partial charge in [0.2, 0.25) is 5.91 Å². The number of likely N-dealkylation sites (tertiary alicyclic amines) is 1. The number of fused-ring (bicyclic) bond motifs is 1. The molecule has 7 nitrogen and oxygen atoms in total. The number of nitrogens with one attached hydrogen (secondary N) is 1. The van der Waals surface area contributed by atoms with E-state index >= 15 is 0 Å². The Morgan fingerprint density at radius 3 is 2.55 bits per heavy atom. The van der Waals surface area contributed by atoms with E-state index < -0.39 is 35.2 Å². The second-order valence-electron chi connectivity index (χ2n) is 10.6. The Hall–Kier alpha value is -0.0900. The molecule has 3 saturated heterocycles. The molecule has 3 N–H and O–H groups in total. The zero-order valence-corrected chi connectivity index (χ0v) is 21.6. The number of alkyl halides is 1. The fraction of sp³-hybridized carbons (Fsp3) is 0.958. The molecule has 33 heavy (non-hydrogen) atoms. The predicted molar refractivity (Wildman–Crippen MR) is 130 cm³/mol. The minimum Gasteiger partial charge on any atom is -0.390 e. The molecule has 0 spiro atoms. The van der Waals surface area contributed by atoms with Gasteiger partial charge in [-0.3, -0.25) is 9.69 Å². The van der Waals surface area contributed by atoms with Crippen molar-refractivity contribution in [2.24, 2.45) is 17.8 Å². The summed E-state index contributed by atoms with van der Waals surface area (Å²) >= 11 is 7.85. The van der Waals surface area contributed by atoms with Crippen LogP contribution >= 0.6 is 23.4 Å². The van der Waals surface area contributed by atoms with Gasteiger partial charge in [0.25, 0.3) is 0 Å². The van der Waals surface area contributed by atoms with Crippen LogP contribution in [-0.4, -0.2) is 94.8 Å². The normalized spacial score (nSPS) is 42.5. The van der Waals surface area contributed by atoms with Crippen molar-refractivity contribution in [1.82, 2.24) is 10.2 Å². The largest absolute Gasteiger partial charge is 0.390 e. The second-order valence-corrected chi connectivity index (χ2v) is 12.2. The Kier molecular flexibility index (Phi) is 8.91. The van der Waals surface area contributed by atoms with Gasteiger partial charge in [-0.1, -0.05) is 25.7 Å². The number of aliphatic hydroxyl groups excluding tert-OH is 2. The maximum atomic E-state index is 13.6. The minimum absolute atomic E-state index is 0.0910. The summed E-state index contributed by atoms with van der Waals surface area (Å²) in [5.41, 5.74) is -0.551. The maximum Gasteiger partial charge on any atom is 0.240 e. The monoisotopic (exact) mass is 504 g/mol. The molecule has 3 heterocycles. The first-order chi connectivity index (χ1) is 15.8. The van der Waals surface area contributed by atoms with Crippen LogP contribution in [0.15, 0.2) is 0 Å². The number of aliphatic hydroxyl groups is 2. The highest BCUT2D eigenvalue weighted by Gasteiger charge is 2.49. The number of ether oxygens (including phenoxy) is 2. The zero-order chi connectivity index (χ0) is 23.7. The van der Waals surface area contributed by atoms with Crippen molar-refractivity contribution in [3.05, 3.63) is 0 Å². The van der Waals surface area contributed by atoms with Crippen molar-refractivity contribution in [3.63, 3.8) is 0 Å². The fourth-order valence-electron chi connectivity index (χ4n) is 6.65. The van der Waals surface area contributed by atoms with Gasteiger partial charge in [-0.05, 0) is 44.9 Å². The van der Waals surface area contributed by atoms with Crippen molar-refractivity contribution < 1.29 is 24.5 Å². The van der Waals surface area contributed by atoms with Crippen molar-refractivity contribution in [2.75, 3.05) is 26.5 Å². The Labute approximate surface area is 207 Å². The quantitative estimate of drug-likeness (QED) is 0.478. The summed E-state index contributed by atoms with van der Waals surface area (Å²) in [6.07, 6.45) is 7.26. The standard InChI is InChI=1S/C24H41ClN2O5S/c1-13(25)19(18-11-17(28)21(29)24(32-18)33-3)26-23(30)20-22-16(12-27(20)2)10-15(8-9-31-22)14-6-4-5-7-14/h13-22,24,28-29H,4-12H2,1-3H3,(H,26,30)/t13-,15?,16-,17+,18-,19+,20-,21?,22+,24?/m0/s1. The van der Waals surface area contributed by atoms with Gasteiger partial charge in [0.15, 0.2) is 0 Å². The third-order valence-corrected chi connectivity index (χ3v) is 9.53. The number of amides is 1. The highest BCUT2D eigenvalue weighted by Crippen LogP contribution is 2.42. The van der Waals surface area contributed by atoms with Crippen LogP contribution in [0.4, 0.5) is 0 Å². The summed E-state index contributed by atoms with van der Waals surface area (Å²) in [7, 11) is 2.01. The summed E-state index contributed by atoms with van der Waals surface area (Å²) < 4.78 is 12.4. The highest BCUT2D eigenvalue weighted by atomic mass is 35.5. The first kappa shape index (κ1) is 26.0. The fourth-order valence-corrected chi connectivity index (χ4v) is 7.59. The third kappa shape index (κ3) is 5.68. The Bertz CT molecular complexity index is 667. The van der Waals surface area contributed by atoms with Crippen LogP contribution in [-0.2, 0) is 14.3 Å². The van der Waals surface area contributed by atoms with E-state index in [0.717, 1.165) is 31.9 Å². The topological polar surface area (TPSA) is 91.3 Å². The Morgan fingerprint density at radius 1 is 1.15 bits per heavy atom. The summed E-state index contributed by atoms with van der Waals surface area (Å²) in [6, 6.07) is -0.828. The molecule has 4 rings (SSSR count). The molecular formula is C24H41ClN2O5S. The number of thioether (sulfide) groups is 1. The van der Waals surface area contributed by atoms with Crippen LogP contribution in [0.3, 0.4) is 0 Å². The number of halogens is 1.